The van der Waals surface area contributed by atoms with Gasteiger partial charge in [0.2, 0.25) is 0 Å². The van der Waals surface area contributed by atoms with Gasteiger partial charge in [0.15, 0.2) is 0 Å². The van der Waals surface area contributed by atoms with Crippen LogP contribution in [-0.4, -0.2) is 12.2 Å². The highest BCUT2D eigenvalue weighted by Gasteiger charge is 2.24. The van der Waals surface area contributed by atoms with E-state index in [0.717, 1.165) is 6.42 Å². The molecule has 1 rings (SSSR count). The molecule has 1 heterocycles. The van der Waals surface area contributed by atoms with Gasteiger partial charge in [-0.25, -0.2) is 0 Å². The Morgan fingerprint density at radius 3 is 2.25 bits per heavy atom. The molecular formula is C7H13O. The minimum atomic E-state index is 0.380. The molecule has 1 radical (unpaired) electrons. The third-order valence-corrected chi connectivity index (χ3v) is 1.75. The molecule has 1 heteroatoms. The van der Waals surface area contributed by atoms with Crippen molar-refractivity contribution in [3.05, 3.63) is 6.92 Å². The zero-order valence-electron chi connectivity index (χ0n) is 5.55. The van der Waals surface area contributed by atoms with Gasteiger partial charge in [-0.05, 0) is 33.1 Å². The monoisotopic (exact) mass is 113 g/mol. The molecule has 3 atom stereocenters. The van der Waals surface area contributed by atoms with Gasteiger partial charge in [-0.3, -0.25) is 0 Å². The minimum absolute atomic E-state index is 0.380. The molecule has 1 aliphatic heterocycles. The third kappa shape index (κ3) is 1.03. The topological polar surface area (TPSA) is 9.23 Å². The Balaban J connectivity index is 2.39. The molecule has 47 valence electrons. The van der Waals surface area contributed by atoms with Gasteiger partial charge < -0.3 is 4.74 Å². The number of ether oxygens (including phenoxy) is 1. The lowest BCUT2D eigenvalue weighted by atomic mass is 10.0. The summed E-state index contributed by atoms with van der Waals surface area (Å²) in [4.78, 5) is 0. The van der Waals surface area contributed by atoms with Gasteiger partial charge in [0.25, 0.3) is 0 Å². The quantitative estimate of drug-likeness (QED) is 0.464. The molecular weight excluding hydrogens is 100 g/mol. The van der Waals surface area contributed by atoms with Crippen LogP contribution in [0.5, 0.6) is 0 Å². The molecule has 0 aromatic carbocycles. The van der Waals surface area contributed by atoms with E-state index in [-0.39, 0.29) is 0 Å². The van der Waals surface area contributed by atoms with Crippen molar-refractivity contribution in [3.8, 4) is 0 Å². The summed E-state index contributed by atoms with van der Waals surface area (Å²) in [7, 11) is 0. The van der Waals surface area contributed by atoms with Crippen LogP contribution in [0.1, 0.15) is 20.3 Å². The maximum absolute atomic E-state index is 5.41. The first kappa shape index (κ1) is 6.09. The van der Waals surface area contributed by atoms with Crippen LogP contribution in [0.4, 0.5) is 0 Å². The lowest BCUT2D eigenvalue weighted by Crippen LogP contribution is -2.07. The molecule has 1 nitrogen and oxygen atoms in total. The fraction of sp³-hybridized carbons (Fsp3) is 0.857. The molecule has 0 amide bonds. The zero-order valence-corrected chi connectivity index (χ0v) is 5.55. The van der Waals surface area contributed by atoms with Gasteiger partial charge in [-0.15, -0.1) is 0 Å². The number of rotatable bonds is 0. The van der Waals surface area contributed by atoms with E-state index in [1.807, 2.05) is 0 Å². The van der Waals surface area contributed by atoms with E-state index in [2.05, 4.69) is 20.8 Å². The van der Waals surface area contributed by atoms with Gasteiger partial charge in [0.1, 0.15) is 0 Å². The van der Waals surface area contributed by atoms with Crippen LogP contribution in [0.2, 0.25) is 0 Å². The number of hydrogen-bond donors (Lipinski definition) is 0. The largest absolute Gasteiger partial charge is 0.375 e. The molecule has 0 spiro atoms. The van der Waals surface area contributed by atoms with Crippen molar-refractivity contribution in [2.45, 2.75) is 32.5 Å². The highest BCUT2D eigenvalue weighted by atomic mass is 16.5. The highest BCUT2D eigenvalue weighted by molar-refractivity contribution is 4.78. The van der Waals surface area contributed by atoms with Gasteiger partial charge in [-0.1, -0.05) is 0 Å². The smallest absolute Gasteiger partial charge is 0.0579 e. The molecule has 0 aliphatic carbocycles. The molecule has 0 bridgehead atoms. The van der Waals surface area contributed by atoms with E-state index in [1.54, 1.807) is 0 Å². The lowest BCUT2D eigenvalue weighted by molar-refractivity contribution is 0.0604. The summed E-state index contributed by atoms with van der Waals surface area (Å²) in [5.74, 6) is 0.519. The molecule has 1 aliphatic rings. The average Bonchev–Trinajstić information content (AvgIpc) is 1.85. The van der Waals surface area contributed by atoms with E-state index in [9.17, 15) is 0 Å². The predicted octanol–water partition coefficient (Wildman–Crippen LogP) is 1.63. The number of hydrogen-bond acceptors (Lipinski definition) is 1. The van der Waals surface area contributed by atoms with Crippen molar-refractivity contribution in [3.63, 3.8) is 0 Å². The summed E-state index contributed by atoms with van der Waals surface area (Å²) in [6, 6.07) is 0. The Labute approximate surface area is 51.0 Å². The molecule has 0 aromatic rings. The average molecular weight is 113 g/mol. The SMILES string of the molecule is [CH2]C1CC(C)OC1C. The molecule has 0 N–H and O–H groups in total. The summed E-state index contributed by atoms with van der Waals surface area (Å²) in [6.45, 7) is 8.13. The van der Waals surface area contributed by atoms with Crippen molar-refractivity contribution < 1.29 is 4.74 Å². The summed E-state index contributed by atoms with van der Waals surface area (Å²) in [5, 5.41) is 0. The first-order chi connectivity index (χ1) is 3.70. The van der Waals surface area contributed by atoms with Gasteiger partial charge >= 0.3 is 0 Å². The van der Waals surface area contributed by atoms with Crippen LogP contribution in [0.3, 0.4) is 0 Å². The molecule has 1 fully saturated rings. The minimum Gasteiger partial charge on any atom is -0.375 e. The second kappa shape index (κ2) is 2.06. The standard InChI is InChI=1S/C7H13O/c1-5-4-6(2)8-7(5)3/h5-7H,1,4H2,2-3H3. The fourth-order valence-corrected chi connectivity index (χ4v) is 1.15. The van der Waals surface area contributed by atoms with Crippen LogP contribution in [0, 0.1) is 12.8 Å². The van der Waals surface area contributed by atoms with E-state index >= 15 is 0 Å². The summed E-state index contributed by atoms with van der Waals surface area (Å²) >= 11 is 0. The normalized spacial score (nSPS) is 47.6. The van der Waals surface area contributed by atoms with E-state index in [1.165, 1.54) is 0 Å². The Kier molecular flexibility index (Phi) is 1.57. The van der Waals surface area contributed by atoms with E-state index in [0.29, 0.717) is 18.1 Å². The van der Waals surface area contributed by atoms with Crippen LogP contribution >= 0.6 is 0 Å². The summed E-state index contributed by atoms with van der Waals surface area (Å²) in [5.41, 5.74) is 0. The van der Waals surface area contributed by atoms with Crippen molar-refractivity contribution in [1.29, 1.82) is 0 Å². The predicted molar refractivity (Wildman–Crippen MR) is 33.5 cm³/mol. The molecule has 1 saturated heterocycles. The Bertz CT molecular complexity index is 70.5. The Hall–Kier alpha value is -0.0400. The fourth-order valence-electron chi connectivity index (χ4n) is 1.15. The maximum atomic E-state index is 5.41. The van der Waals surface area contributed by atoms with Crippen LogP contribution in [0.15, 0.2) is 0 Å². The van der Waals surface area contributed by atoms with Crippen molar-refractivity contribution in [2.75, 3.05) is 0 Å². The van der Waals surface area contributed by atoms with E-state index in [4.69, 9.17) is 4.74 Å². The Morgan fingerprint density at radius 2 is 2.12 bits per heavy atom. The first-order valence-corrected chi connectivity index (χ1v) is 3.18. The second-order valence-electron chi connectivity index (χ2n) is 2.65. The van der Waals surface area contributed by atoms with Gasteiger partial charge in [0.05, 0.1) is 12.2 Å². The van der Waals surface area contributed by atoms with Crippen molar-refractivity contribution in [2.24, 2.45) is 5.92 Å². The first-order valence-electron chi connectivity index (χ1n) is 3.18. The molecule has 0 saturated carbocycles. The zero-order chi connectivity index (χ0) is 6.15. The van der Waals surface area contributed by atoms with Crippen molar-refractivity contribution in [1.82, 2.24) is 0 Å². The van der Waals surface area contributed by atoms with Crippen LogP contribution in [0.25, 0.3) is 0 Å². The van der Waals surface area contributed by atoms with Crippen molar-refractivity contribution >= 4 is 0 Å². The van der Waals surface area contributed by atoms with Crippen LogP contribution < -0.4 is 0 Å². The molecule has 3 unspecified atom stereocenters. The molecule has 8 heavy (non-hydrogen) atoms. The highest BCUT2D eigenvalue weighted by Crippen LogP contribution is 2.24. The Morgan fingerprint density at radius 1 is 1.50 bits per heavy atom. The van der Waals surface area contributed by atoms with Gasteiger partial charge in [0, 0.05) is 0 Å². The summed E-state index contributed by atoms with van der Waals surface area (Å²) < 4.78 is 5.41. The third-order valence-electron chi connectivity index (χ3n) is 1.75. The maximum Gasteiger partial charge on any atom is 0.0579 e. The second-order valence-corrected chi connectivity index (χ2v) is 2.65. The van der Waals surface area contributed by atoms with E-state index < -0.39 is 0 Å². The van der Waals surface area contributed by atoms with Crippen LogP contribution in [-0.2, 0) is 4.74 Å². The molecule has 0 aromatic heterocycles. The lowest BCUT2D eigenvalue weighted by Gasteiger charge is -2.05. The van der Waals surface area contributed by atoms with Gasteiger partial charge in [-0.2, -0.15) is 0 Å². The summed E-state index contributed by atoms with van der Waals surface area (Å²) in [6.07, 6.45) is 1.94.